The van der Waals surface area contributed by atoms with Crippen molar-refractivity contribution < 1.29 is 9.84 Å². The normalized spacial score (nSPS) is 17.8. The quantitative estimate of drug-likeness (QED) is 0.874. The molecule has 0 radical (unpaired) electrons. The molecule has 112 valence electrons. The second kappa shape index (κ2) is 6.80. The largest absolute Gasteiger partial charge is 0.390 e. The topological polar surface area (TPSA) is 63.4 Å². The predicted octanol–water partition coefficient (Wildman–Crippen LogP) is 0.638. The predicted molar refractivity (Wildman–Crippen MR) is 78.7 cm³/mol. The number of rotatable bonds is 5. The molecule has 0 saturated carbocycles. The van der Waals surface area contributed by atoms with Gasteiger partial charge in [0, 0.05) is 43.8 Å². The van der Waals surface area contributed by atoms with E-state index in [1.54, 1.807) is 18.6 Å². The van der Waals surface area contributed by atoms with E-state index in [0.29, 0.717) is 13.1 Å². The molecule has 2 aromatic rings. The van der Waals surface area contributed by atoms with Gasteiger partial charge in [-0.25, -0.2) is 0 Å². The van der Waals surface area contributed by atoms with Gasteiger partial charge in [0.2, 0.25) is 0 Å². The van der Waals surface area contributed by atoms with Crippen LogP contribution in [-0.4, -0.2) is 63.7 Å². The third-order valence-electron chi connectivity index (χ3n) is 3.65. The Balaban J connectivity index is 1.64. The highest BCUT2D eigenvalue weighted by atomic mass is 16.5. The van der Waals surface area contributed by atoms with Crippen molar-refractivity contribution in [3.05, 3.63) is 36.8 Å². The van der Waals surface area contributed by atoms with Crippen LogP contribution in [0.25, 0.3) is 11.3 Å². The number of β-amino-alcohol motifs (C(OH)–C–C–N with tert-alkyl or cyclic N) is 1. The maximum Gasteiger partial charge on any atom is 0.0862 e. The Morgan fingerprint density at radius 2 is 1.86 bits per heavy atom. The maximum absolute atomic E-state index is 10.3. The molecule has 2 aromatic heterocycles. The average molecular weight is 288 g/mol. The van der Waals surface area contributed by atoms with Gasteiger partial charge >= 0.3 is 0 Å². The summed E-state index contributed by atoms with van der Waals surface area (Å²) in [7, 11) is 0. The molecule has 1 unspecified atom stereocenters. The van der Waals surface area contributed by atoms with Crippen molar-refractivity contribution >= 4 is 0 Å². The van der Waals surface area contributed by atoms with Gasteiger partial charge in [-0.05, 0) is 18.2 Å². The highest BCUT2D eigenvalue weighted by Gasteiger charge is 2.16. The fourth-order valence-electron chi connectivity index (χ4n) is 2.59. The molecule has 0 aromatic carbocycles. The molecule has 6 heteroatoms. The lowest BCUT2D eigenvalue weighted by Crippen LogP contribution is -2.42. The first kappa shape index (κ1) is 14.2. The van der Waals surface area contributed by atoms with Crippen molar-refractivity contribution in [2.45, 2.75) is 12.6 Å². The van der Waals surface area contributed by atoms with Crippen LogP contribution in [-0.2, 0) is 11.3 Å². The Hall–Kier alpha value is -1.76. The summed E-state index contributed by atoms with van der Waals surface area (Å²) in [5, 5.41) is 14.6. The van der Waals surface area contributed by atoms with E-state index in [2.05, 4.69) is 15.0 Å². The number of nitrogens with zero attached hydrogens (tertiary/aromatic N) is 4. The zero-order valence-electron chi connectivity index (χ0n) is 11.9. The molecule has 3 heterocycles. The van der Waals surface area contributed by atoms with Crippen LogP contribution in [0.2, 0.25) is 0 Å². The Bertz CT molecular complexity index is 552. The summed E-state index contributed by atoms with van der Waals surface area (Å²) in [5.41, 5.74) is 2.06. The van der Waals surface area contributed by atoms with E-state index in [9.17, 15) is 5.11 Å². The molecule has 1 fully saturated rings. The molecular formula is C15H20N4O2. The third kappa shape index (κ3) is 3.66. The van der Waals surface area contributed by atoms with Crippen molar-refractivity contribution in [1.82, 2.24) is 19.7 Å². The zero-order chi connectivity index (χ0) is 14.5. The third-order valence-corrected chi connectivity index (χ3v) is 3.65. The first-order valence-electron chi connectivity index (χ1n) is 7.23. The smallest absolute Gasteiger partial charge is 0.0862 e. The number of aliphatic hydroxyl groups is 1. The SMILES string of the molecule is OC(CN1CCOCC1)Cn1nccc1-c1ccncc1. The summed E-state index contributed by atoms with van der Waals surface area (Å²) >= 11 is 0. The van der Waals surface area contributed by atoms with Crippen LogP contribution in [0, 0.1) is 0 Å². The summed E-state index contributed by atoms with van der Waals surface area (Å²) < 4.78 is 7.17. The van der Waals surface area contributed by atoms with Crippen LogP contribution in [0.3, 0.4) is 0 Å². The van der Waals surface area contributed by atoms with E-state index in [1.807, 2.05) is 22.9 Å². The van der Waals surface area contributed by atoms with Gasteiger partial charge in [0.1, 0.15) is 0 Å². The highest BCUT2D eigenvalue weighted by Crippen LogP contribution is 2.18. The fourth-order valence-corrected chi connectivity index (χ4v) is 2.59. The number of hydrogen-bond donors (Lipinski definition) is 1. The van der Waals surface area contributed by atoms with Crippen molar-refractivity contribution in [2.24, 2.45) is 0 Å². The van der Waals surface area contributed by atoms with E-state index in [-0.39, 0.29) is 0 Å². The van der Waals surface area contributed by atoms with Crippen LogP contribution < -0.4 is 0 Å². The Morgan fingerprint density at radius 3 is 2.62 bits per heavy atom. The molecule has 0 bridgehead atoms. The van der Waals surface area contributed by atoms with Gasteiger partial charge in [0.05, 0.1) is 31.6 Å². The van der Waals surface area contributed by atoms with E-state index < -0.39 is 6.10 Å². The second-order valence-corrected chi connectivity index (χ2v) is 5.20. The second-order valence-electron chi connectivity index (χ2n) is 5.20. The number of hydrogen-bond acceptors (Lipinski definition) is 5. The zero-order valence-corrected chi connectivity index (χ0v) is 11.9. The lowest BCUT2D eigenvalue weighted by molar-refractivity contribution is 0.0109. The van der Waals surface area contributed by atoms with Gasteiger partial charge in [0.15, 0.2) is 0 Å². The van der Waals surface area contributed by atoms with Crippen LogP contribution in [0.4, 0.5) is 0 Å². The van der Waals surface area contributed by atoms with E-state index >= 15 is 0 Å². The first-order valence-corrected chi connectivity index (χ1v) is 7.23. The Kier molecular flexibility index (Phi) is 4.59. The molecule has 0 aliphatic carbocycles. The summed E-state index contributed by atoms with van der Waals surface area (Å²) in [6.07, 6.45) is 4.84. The lowest BCUT2D eigenvalue weighted by Gasteiger charge is -2.28. The molecule has 3 rings (SSSR count). The summed E-state index contributed by atoms with van der Waals surface area (Å²) in [4.78, 5) is 6.25. The molecule has 1 atom stereocenters. The van der Waals surface area contributed by atoms with Crippen molar-refractivity contribution in [3.63, 3.8) is 0 Å². The molecule has 1 N–H and O–H groups in total. The van der Waals surface area contributed by atoms with Crippen molar-refractivity contribution in [3.8, 4) is 11.3 Å². The van der Waals surface area contributed by atoms with E-state index in [0.717, 1.165) is 37.6 Å². The van der Waals surface area contributed by atoms with Gasteiger partial charge < -0.3 is 9.84 Å². The number of pyridine rings is 1. The molecule has 1 saturated heterocycles. The number of aromatic nitrogens is 3. The van der Waals surface area contributed by atoms with Crippen LogP contribution in [0.15, 0.2) is 36.8 Å². The fraction of sp³-hybridized carbons (Fsp3) is 0.467. The van der Waals surface area contributed by atoms with Crippen LogP contribution in [0.5, 0.6) is 0 Å². The monoisotopic (exact) mass is 288 g/mol. The summed E-state index contributed by atoms with van der Waals surface area (Å²) in [5.74, 6) is 0. The molecule has 21 heavy (non-hydrogen) atoms. The van der Waals surface area contributed by atoms with Gasteiger partial charge in [-0.15, -0.1) is 0 Å². The average Bonchev–Trinajstić information content (AvgIpc) is 2.97. The first-order chi connectivity index (χ1) is 10.3. The molecular weight excluding hydrogens is 268 g/mol. The van der Waals surface area contributed by atoms with Crippen LogP contribution >= 0.6 is 0 Å². The standard InChI is InChI=1S/C15H20N4O2/c20-14(11-18-7-9-21-10-8-18)12-19-15(3-6-17-19)13-1-4-16-5-2-13/h1-6,14,20H,7-12H2. The minimum absolute atomic E-state index is 0.441. The number of ether oxygens (including phenoxy) is 1. The highest BCUT2D eigenvalue weighted by molar-refractivity contribution is 5.58. The maximum atomic E-state index is 10.3. The molecule has 6 nitrogen and oxygen atoms in total. The van der Waals surface area contributed by atoms with E-state index in [1.165, 1.54) is 0 Å². The van der Waals surface area contributed by atoms with Crippen molar-refractivity contribution in [2.75, 3.05) is 32.8 Å². The van der Waals surface area contributed by atoms with E-state index in [4.69, 9.17) is 4.74 Å². The summed E-state index contributed by atoms with van der Waals surface area (Å²) in [6, 6.07) is 5.85. The Morgan fingerprint density at radius 1 is 1.10 bits per heavy atom. The molecule has 1 aliphatic rings. The minimum atomic E-state index is -0.441. The van der Waals surface area contributed by atoms with Gasteiger partial charge in [0.25, 0.3) is 0 Å². The van der Waals surface area contributed by atoms with Gasteiger partial charge in [-0.2, -0.15) is 5.10 Å². The van der Waals surface area contributed by atoms with Gasteiger partial charge in [-0.3, -0.25) is 14.6 Å². The number of morpholine rings is 1. The van der Waals surface area contributed by atoms with Crippen LogP contribution in [0.1, 0.15) is 0 Å². The number of aliphatic hydroxyl groups excluding tert-OH is 1. The molecule has 1 aliphatic heterocycles. The molecule has 0 amide bonds. The summed E-state index contributed by atoms with van der Waals surface area (Å²) in [6.45, 7) is 4.40. The van der Waals surface area contributed by atoms with Gasteiger partial charge in [-0.1, -0.05) is 0 Å². The van der Waals surface area contributed by atoms with Crippen molar-refractivity contribution in [1.29, 1.82) is 0 Å². The lowest BCUT2D eigenvalue weighted by atomic mass is 10.2. The molecule has 0 spiro atoms. The Labute approximate surface area is 124 Å². The minimum Gasteiger partial charge on any atom is -0.390 e.